The van der Waals surface area contributed by atoms with Crippen LogP contribution in [0.1, 0.15) is 32.1 Å². The summed E-state index contributed by atoms with van der Waals surface area (Å²) in [4.78, 5) is 22.6. The highest BCUT2D eigenvalue weighted by Crippen LogP contribution is 2.25. The molecular formula is C12H19Cl2NO3S. The predicted octanol–water partition coefficient (Wildman–Crippen LogP) is 2.67. The van der Waals surface area contributed by atoms with Gasteiger partial charge in [0.2, 0.25) is 5.91 Å². The zero-order valence-electron chi connectivity index (χ0n) is 10.6. The summed E-state index contributed by atoms with van der Waals surface area (Å²) in [5.74, 6) is 0.193. The number of amides is 1. The first-order valence-corrected chi connectivity index (χ1v) is 8.38. The van der Waals surface area contributed by atoms with Crippen LogP contribution < -0.4 is 5.32 Å². The third-order valence-electron chi connectivity index (χ3n) is 3.16. The third kappa shape index (κ3) is 6.72. The molecule has 110 valence electrons. The van der Waals surface area contributed by atoms with Crippen LogP contribution in [0.2, 0.25) is 0 Å². The molecule has 0 aromatic heterocycles. The van der Waals surface area contributed by atoms with Crippen LogP contribution in [0.3, 0.4) is 0 Å². The van der Waals surface area contributed by atoms with Crippen LogP contribution in [0.5, 0.6) is 0 Å². The van der Waals surface area contributed by atoms with E-state index in [9.17, 15) is 9.59 Å². The van der Waals surface area contributed by atoms with E-state index in [4.69, 9.17) is 28.3 Å². The molecule has 0 radical (unpaired) electrons. The van der Waals surface area contributed by atoms with Crippen molar-refractivity contribution >= 4 is 46.8 Å². The monoisotopic (exact) mass is 327 g/mol. The van der Waals surface area contributed by atoms with E-state index in [0.717, 1.165) is 18.6 Å². The zero-order valence-corrected chi connectivity index (χ0v) is 12.9. The lowest BCUT2D eigenvalue weighted by molar-refractivity contribution is -0.142. The van der Waals surface area contributed by atoms with Gasteiger partial charge in [-0.25, -0.2) is 0 Å². The van der Waals surface area contributed by atoms with Crippen molar-refractivity contribution in [2.24, 2.45) is 5.92 Å². The topological polar surface area (TPSA) is 66.4 Å². The second-order valence-electron chi connectivity index (χ2n) is 4.63. The van der Waals surface area contributed by atoms with E-state index in [2.05, 4.69) is 5.32 Å². The van der Waals surface area contributed by atoms with Gasteiger partial charge in [0.1, 0.15) is 0 Å². The van der Waals surface area contributed by atoms with E-state index in [1.165, 1.54) is 11.8 Å². The second-order valence-corrected chi connectivity index (χ2v) is 7.10. The normalized spacial score (nSPS) is 24.7. The maximum atomic E-state index is 11.7. The number of carbonyl (C=O) groups excluding carboxylic acids is 1. The van der Waals surface area contributed by atoms with Crippen molar-refractivity contribution in [3.05, 3.63) is 0 Å². The lowest BCUT2D eigenvalue weighted by atomic mass is 9.86. The third-order valence-corrected chi connectivity index (χ3v) is 5.08. The number of rotatable bonds is 7. The van der Waals surface area contributed by atoms with Crippen LogP contribution in [0.4, 0.5) is 0 Å². The van der Waals surface area contributed by atoms with Gasteiger partial charge in [0.05, 0.1) is 17.0 Å². The Morgan fingerprint density at radius 2 is 1.95 bits per heavy atom. The first-order chi connectivity index (χ1) is 9.02. The molecule has 0 heterocycles. The van der Waals surface area contributed by atoms with E-state index >= 15 is 0 Å². The van der Waals surface area contributed by atoms with Gasteiger partial charge in [-0.2, -0.15) is 0 Å². The quantitative estimate of drug-likeness (QED) is 0.705. The van der Waals surface area contributed by atoms with Crippen molar-refractivity contribution in [2.75, 3.05) is 11.6 Å². The Morgan fingerprint density at radius 3 is 2.47 bits per heavy atom. The minimum atomic E-state index is -0.733. The smallest absolute Gasteiger partial charge is 0.306 e. The van der Waals surface area contributed by atoms with Crippen molar-refractivity contribution < 1.29 is 14.7 Å². The van der Waals surface area contributed by atoms with Gasteiger partial charge in [-0.1, -0.05) is 0 Å². The fourth-order valence-electron chi connectivity index (χ4n) is 2.15. The lowest BCUT2D eigenvalue weighted by Gasteiger charge is -2.27. The first kappa shape index (κ1) is 16.9. The summed E-state index contributed by atoms with van der Waals surface area (Å²) in [5, 5.41) is 11.8. The van der Waals surface area contributed by atoms with Gasteiger partial charge in [0, 0.05) is 17.7 Å². The number of carbonyl (C=O) groups is 2. The fraction of sp³-hybridized carbons (Fsp3) is 0.833. The Labute approximate surface area is 127 Å². The number of halogens is 2. The molecule has 1 saturated carbocycles. The SMILES string of the molecule is O=C(CC(Cl)SCCCl)NC1CCC(C(=O)O)CC1. The molecule has 1 aliphatic carbocycles. The van der Waals surface area contributed by atoms with E-state index < -0.39 is 5.97 Å². The molecule has 0 aromatic rings. The molecule has 1 fully saturated rings. The molecule has 0 aromatic carbocycles. The molecule has 19 heavy (non-hydrogen) atoms. The minimum Gasteiger partial charge on any atom is -0.481 e. The summed E-state index contributed by atoms with van der Waals surface area (Å²) in [7, 11) is 0. The standard InChI is InChI=1S/C12H19Cl2NO3S/c13-5-6-19-10(14)7-11(16)15-9-3-1-8(2-4-9)12(17)18/h8-10H,1-7H2,(H,15,16)(H,17,18). The van der Waals surface area contributed by atoms with E-state index in [0.29, 0.717) is 18.7 Å². The predicted molar refractivity (Wildman–Crippen MR) is 79.0 cm³/mol. The summed E-state index contributed by atoms with van der Waals surface area (Å²) < 4.78 is -0.255. The average molecular weight is 328 g/mol. The molecule has 1 atom stereocenters. The summed E-state index contributed by atoms with van der Waals surface area (Å²) in [5.41, 5.74) is 0. The van der Waals surface area contributed by atoms with Crippen LogP contribution >= 0.6 is 35.0 Å². The number of carboxylic acids is 1. The van der Waals surface area contributed by atoms with Crippen LogP contribution in [0.25, 0.3) is 0 Å². The summed E-state index contributed by atoms with van der Waals surface area (Å²) >= 11 is 13.0. The Balaban J connectivity index is 2.21. The van der Waals surface area contributed by atoms with Crippen LogP contribution in [-0.4, -0.2) is 39.4 Å². The van der Waals surface area contributed by atoms with Gasteiger partial charge in [-0.3, -0.25) is 9.59 Å². The molecule has 0 spiro atoms. The van der Waals surface area contributed by atoms with Crippen molar-refractivity contribution in [1.29, 1.82) is 0 Å². The molecule has 1 aliphatic rings. The van der Waals surface area contributed by atoms with Crippen molar-refractivity contribution in [2.45, 2.75) is 42.9 Å². The average Bonchev–Trinajstić information content (AvgIpc) is 2.36. The highest BCUT2D eigenvalue weighted by Gasteiger charge is 2.26. The molecule has 0 saturated heterocycles. The molecule has 1 rings (SSSR count). The molecular weight excluding hydrogens is 309 g/mol. The highest BCUT2D eigenvalue weighted by molar-refractivity contribution is 8.01. The van der Waals surface area contributed by atoms with Gasteiger partial charge in [0.15, 0.2) is 0 Å². The Bertz CT molecular complexity index is 309. The lowest BCUT2D eigenvalue weighted by Crippen LogP contribution is -2.39. The highest BCUT2D eigenvalue weighted by atomic mass is 35.5. The number of aliphatic carboxylic acids is 1. The Hall–Kier alpha value is -0.130. The molecule has 0 aliphatic heterocycles. The number of carboxylic acid groups (broad SMARTS) is 1. The zero-order chi connectivity index (χ0) is 14.3. The van der Waals surface area contributed by atoms with Crippen LogP contribution in [-0.2, 0) is 9.59 Å². The molecule has 0 bridgehead atoms. The van der Waals surface area contributed by atoms with E-state index in [-0.39, 0.29) is 29.0 Å². The molecule has 1 amide bonds. The number of thioether (sulfide) groups is 1. The van der Waals surface area contributed by atoms with Gasteiger partial charge >= 0.3 is 5.97 Å². The molecule has 7 heteroatoms. The van der Waals surface area contributed by atoms with Crippen molar-refractivity contribution in [3.8, 4) is 0 Å². The van der Waals surface area contributed by atoms with Gasteiger partial charge in [0.25, 0.3) is 0 Å². The first-order valence-electron chi connectivity index (χ1n) is 6.36. The van der Waals surface area contributed by atoms with E-state index in [1.54, 1.807) is 0 Å². The number of alkyl halides is 2. The Morgan fingerprint density at radius 1 is 1.32 bits per heavy atom. The maximum absolute atomic E-state index is 11.7. The molecule has 2 N–H and O–H groups in total. The molecule has 4 nitrogen and oxygen atoms in total. The Kier molecular flexibility index (Phi) is 7.95. The van der Waals surface area contributed by atoms with Crippen LogP contribution in [0.15, 0.2) is 0 Å². The number of hydrogen-bond acceptors (Lipinski definition) is 3. The van der Waals surface area contributed by atoms with Crippen molar-refractivity contribution in [1.82, 2.24) is 5.32 Å². The fourth-order valence-corrected chi connectivity index (χ4v) is 3.44. The van der Waals surface area contributed by atoms with Crippen molar-refractivity contribution in [3.63, 3.8) is 0 Å². The number of hydrogen-bond donors (Lipinski definition) is 2. The van der Waals surface area contributed by atoms with Gasteiger partial charge in [-0.05, 0) is 25.7 Å². The minimum absolute atomic E-state index is 0.0687. The summed E-state index contributed by atoms with van der Waals surface area (Å²) in [6.45, 7) is 0. The largest absolute Gasteiger partial charge is 0.481 e. The number of nitrogens with one attached hydrogen (secondary N) is 1. The summed E-state index contributed by atoms with van der Waals surface area (Å²) in [6.07, 6.45) is 2.98. The van der Waals surface area contributed by atoms with Crippen LogP contribution in [0, 0.1) is 5.92 Å². The van der Waals surface area contributed by atoms with Gasteiger partial charge in [-0.15, -0.1) is 35.0 Å². The van der Waals surface area contributed by atoms with Gasteiger partial charge < -0.3 is 10.4 Å². The summed E-state index contributed by atoms with van der Waals surface area (Å²) in [6, 6.07) is 0.0880. The second kappa shape index (κ2) is 8.93. The maximum Gasteiger partial charge on any atom is 0.306 e. The van der Waals surface area contributed by atoms with E-state index in [1.807, 2.05) is 0 Å². The molecule has 1 unspecified atom stereocenters.